The van der Waals surface area contributed by atoms with E-state index >= 15 is 0 Å². The van der Waals surface area contributed by atoms with Crippen LogP contribution in [0.3, 0.4) is 0 Å². The van der Waals surface area contributed by atoms with Crippen LogP contribution in [0.15, 0.2) is 35.4 Å². The summed E-state index contributed by atoms with van der Waals surface area (Å²) in [5, 5.41) is 3.82. The fourth-order valence-corrected chi connectivity index (χ4v) is 3.17. The average Bonchev–Trinajstić information content (AvgIpc) is 2.70. The molecule has 0 bridgehead atoms. The van der Waals surface area contributed by atoms with E-state index in [4.69, 9.17) is 10.5 Å². The van der Waals surface area contributed by atoms with Gasteiger partial charge in [-0.2, -0.15) is 5.10 Å². The summed E-state index contributed by atoms with van der Waals surface area (Å²) >= 11 is 4.69. The van der Waals surface area contributed by atoms with Crippen molar-refractivity contribution < 1.29 is 17.9 Å². The second-order valence-electron chi connectivity index (χ2n) is 6.66. The fraction of sp³-hybridized carbons (Fsp3) is 0.300. The summed E-state index contributed by atoms with van der Waals surface area (Å²) < 4.78 is 47.1. The second-order valence-corrected chi connectivity index (χ2v) is 7.10. The van der Waals surface area contributed by atoms with Crippen molar-refractivity contribution in [1.82, 2.24) is 5.43 Å². The van der Waals surface area contributed by atoms with Crippen LogP contribution in [-0.4, -0.2) is 24.4 Å². The Morgan fingerprint density at radius 3 is 2.55 bits per heavy atom. The number of ether oxygens (including phenoxy) is 1. The molecule has 1 fully saturated rings. The Morgan fingerprint density at radius 1 is 1.10 bits per heavy atom. The van der Waals surface area contributed by atoms with Gasteiger partial charge in [-0.3, -0.25) is 5.43 Å². The van der Waals surface area contributed by atoms with E-state index in [2.05, 4.69) is 22.7 Å². The van der Waals surface area contributed by atoms with Crippen LogP contribution in [0.4, 0.5) is 18.9 Å². The van der Waals surface area contributed by atoms with Gasteiger partial charge in [0.15, 0.2) is 16.7 Å². The van der Waals surface area contributed by atoms with Gasteiger partial charge in [-0.1, -0.05) is 6.07 Å². The Hall–Kier alpha value is -2.81. The normalized spacial score (nSPS) is 14.2. The quantitative estimate of drug-likeness (QED) is 0.421. The molecule has 29 heavy (non-hydrogen) atoms. The summed E-state index contributed by atoms with van der Waals surface area (Å²) in [6.07, 6.45) is 4.44. The molecule has 154 valence electrons. The first-order valence-electron chi connectivity index (χ1n) is 9.18. The SMILES string of the molecule is NC(=S)N/N=C/c1cc(F)c(N2CCCCC2)cc1OCc1ccc(F)c(F)c1. The third-order valence-corrected chi connectivity index (χ3v) is 4.62. The van der Waals surface area contributed by atoms with E-state index in [1.165, 1.54) is 18.3 Å². The van der Waals surface area contributed by atoms with Gasteiger partial charge in [-0.25, -0.2) is 13.2 Å². The Morgan fingerprint density at radius 2 is 1.86 bits per heavy atom. The summed E-state index contributed by atoms with van der Waals surface area (Å²) in [4.78, 5) is 1.97. The van der Waals surface area contributed by atoms with E-state index in [0.717, 1.165) is 44.5 Å². The number of piperidine rings is 1. The third-order valence-electron chi connectivity index (χ3n) is 4.53. The predicted octanol–water partition coefficient (Wildman–Crippen LogP) is 3.84. The lowest BCUT2D eigenvalue weighted by Gasteiger charge is -2.29. The monoisotopic (exact) mass is 422 g/mol. The van der Waals surface area contributed by atoms with Gasteiger partial charge in [-0.15, -0.1) is 0 Å². The molecule has 1 aliphatic heterocycles. The van der Waals surface area contributed by atoms with Gasteiger partial charge in [0.1, 0.15) is 18.2 Å². The molecule has 0 spiro atoms. The molecule has 3 rings (SSSR count). The molecule has 1 aliphatic rings. The average molecular weight is 422 g/mol. The highest BCUT2D eigenvalue weighted by Crippen LogP contribution is 2.31. The van der Waals surface area contributed by atoms with Crippen LogP contribution in [0.5, 0.6) is 5.75 Å². The number of nitrogens with one attached hydrogen (secondary N) is 1. The molecule has 1 heterocycles. The van der Waals surface area contributed by atoms with E-state index in [1.807, 2.05) is 4.90 Å². The number of hydrazone groups is 1. The lowest BCUT2D eigenvalue weighted by atomic mass is 10.1. The first kappa shape index (κ1) is 20.9. The van der Waals surface area contributed by atoms with Crippen molar-refractivity contribution in [3.8, 4) is 5.75 Å². The molecule has 0 unspecified atom stereocenters. The van der Waals surface area contributed by atoms with Crippen molar-refractivity contribution in [2.24, 2.45) is 10.8 Å². The van der Waals surface area contributed by atoms with Crippen LogP contribution in [0.25, 0.3) is 0 Å². The van der Waals surface area contributed by atoms with E-state index < -0.39 is 17.5 Å². The zero-order chi connectivity index (χ0) is 20.8. The van der Waals surface area contributed by atoms with Gasteiger partial charge in [0, 0.05) is 24.7 Å². The Labute approximate surface area is 172 Å². The number of nitrogens with zero attached hydrogens (tertiary/aromatic N) is 2. The lowest BCUT2D eigenvalue weighted by molar-refractivity contribution is 0.304. The first-order valence-corrected chi connectivity index (χ1v) is 9.58. The molecule has 1 saturated heterocycles. The van der Waals surface area contributed by atoms with Gasteiger partial charge in [0.05, 0.1) is 11.9 Å². The van der Waals surface area contributed by atoms with Gasteiger partial charge in [0.2, 0.25) is 0 Å². The van der Waals surface area contributed by atoms with Crippen molar-refractivity contribution in [2.75, 3.05) is 18.0 Å². The largest absolute Gasteiger partial charge is 0.488 e. The van der Waals surface area contributed by atoms with Crippen molar-refractivity contribution in [3.05, 3.63) is 58.9 Å². The molecule has 5 nitrogen and oxygen atoms in total. The van der Waals surface area contributed by atoms with Crippen LogP contribution in [0.1, 0.15) is 30.4 Å². The minimum atomic E-state index is -0.957. The van der Waals surface area contributed by atoms with Crippen LogP contribution < -0.4 is 20.8 Å². The number of hydrogen-bond donors (Lipinski definition) is 2. The summed E-state index contributed by atoms with van der Waals surface area (Å²) in [7, 11) is 0. The van der Waals surface area contributed by atoms with Crippen LogP contribution in [0.2, 0.25) is 0 Å². The van der Waals surface area contributed by atoms with Gasteiger partial charge >= 0.3 is 0 Å². The highest BCUT2D eigenvalue weighted by atomic mass is 32.1. The van der Waals surface area contributed by atoms with Crippen LogP contribution >= 0.6 is 12.2 Å². The molecular weight excluding hydrogens is 401 g/mol. The standard InChI is InChI=1S/C20H21F3N4OS/c21-15-5-4-13(8-16(15)22)12-28-19-10-18(27-6-2-1-3-7-27)17(23)9-14(19)11-25-26-20(24)29/h4-5,8-11H,1-3,6-7,12H2,(H3,24,26,29)/b25-11+. The number of halogens is 3. The lowest BCUT2D eigenvalue weighted by Crippen LogP contribution is -2.30. The maximum atomic E-state index is 14.7. The van der Waals surface area contributed by atoms with Gasteiger partial charge < -0.3 is 15.4 Å². The Bertz CT molecular complexity index is 917. The van der Waals surface area contributed by atoms with Crippen LogP contribution in [-0.2, 0) is 6.61 Å². The molecule has 0 saturated carbocycles. The first-order chi connectivity index (χ1) is 13.9. The van der Waals surface area contributed by atoms with E-state index in [-0.39, 0.29) is 11.7 Å². The zero-order valence-electron chi connectivity index (χ0n) is 15.6. The topological polar surface area (TPSA) is 62.9 Å². The van der Waals surface area contributed by atoms with Crippen LogP contribution in [0, 0.1) is 17.5 Å². The number of anilines is 1. The van der Waals surface area contributed by atoms with Gasteiger partial charge in [-0.05, 0) is 55.2 Å². The molecule has 0 aliphatic carbocycles. The number of nitrogens with two attached hydrogens (primary N) is 1. The predicted molar refractivity (Wildman–Crippen MR) is 111 cm³/mol. The van der Waals surface area contributed by atoms with Gasteiger partial charge in [0.25, 0.3) is 0 Å². The third kappa shape index (κ3) is 5.60. The molecule has 0 amide bonds. The summed E-state index contributed by atoms with van der Waals surface area (Å²) in [6, 6.07) is 6.44. The molecule has 0 aromatic heterocycles. The smallest absolute Gasteiger partial charge is 0.184 e. The zero-order valence-corrected chi connectivity index (χ0v) is 16.4. The highest BCUT2D eigenvalue weighted by Gasteiger charge is 2.18. The van der Waals surface area contributed by atoms with Crippen molar-refractivity contribution in [2.45, 2.75) is 25.9 Å². The summed E-state index contributed by atoms with van der Waals surface area (Å²) in [6.45, 7) is 1.50. The van der Waals surface area contributed by atoms with E-state index in [0.29, 0.717) is 22.6 Å². The van der Waals surface area contributed by atoms with Crippen molar-refractivity contribution >= 4 is 29.2 Å². The second kappa shape index (κ2) is 9.60. The minimum Gasteiger partial charge on any atom is -0.488 e. The number of benzene rings is 2. The molecule has 9 heteroatoms. The van der Waals surface area contributed by atoms with Crippen molar-refractivity contribution in [1.29, 1.82) is 0 Å². The van der Waals surface area contributed by atoms with E-state index in [9.17, 15) is 13.2 Å². The summed E-state index contributed by atoms with van der Waals surface area (Å²) in [5.41, 5.74) is 8.97. The number of hydrogen-bond acceptors (Lipinski definition) is 4. The molecule has 2 aromatic carbocycles. The maximum Gasteiger partial charge on any atom is 0.184 e. The maximum absolute atomic E-state index is 14.7. The Kier molecular flexibility index (Phi) is 6.92. The molecule has 2 aromatic rings. The molecule has 3 N–H and O–H groups in total. The van der Waals surface area contributed by atoms with Crippen molar-refractivity contribution in [3.63, 3.8) is 0 Å². The number of rotatable bonds is 6. The minimum absolute atomic E-state index is 0.0220. The molecule has 0 atom stereocenters. The van der Waals surface area contributed by atoms with E-state index in [1.54, 1.807) is 6.07 Å². The fourth-order valence-electron chi connectivity index (χ4n) is 3.12. The Balaban J connectivity index is 1.87. The molecule has 0 radical (unpaired) electrons. The highest BCUT2D eigenvalue weighted by molar-refractivity contribution is 7.80. The summed E-state index contributed by atoms with van der Waals surface area (Å²) in [5.74, 6) is -1.93. The molecular formula is C20H21F3N4OS. The number of thiocarbonyl (C=S) groups is 1.